The summed E-state index contributed by atoms with van der Waals surface area (Å²) in [6, 6.07) is 6.01. The molecule has 2 aromatic heterocycles. The number of aryl methyl sites for hydroxylation is 2. The summed E-state index contributed by atoms with van der Waals surface area (Å²) in [6.07, 6.45) is 4.68. The van der Waals surface area contributed by atoms with Gasteiger partial charge in [0.05, 0.1) is 17.6 Å². The summed E-state index contributed by atoms with van der Waals surface area (Å²) in [5.74, 6) is 0.139. The molecule has 4 rings (SSSR count). The van der Waals surface area contributed by atoms with Crippen LogP contribution in [0.4, 0.5) is 0 Å². The summed E-state index contributed by atoms with van der Waals surface area (Å²) < 4.78 is 2.97. The lowest BCUT2D eigenvalue weighted by atomic mass is 10.1. The minimum atomic E-state index is -0.290. The standard InChI is InChI=1S/C21H25N5O2/c1-4-9-22-18(27)12-25-21(28)20-17(19(24-25)15-6-7-15)11-23-26(20)16-8-5-13(2)14(3)10-16/h5,8,10-11,15H,4,6-7,9,12H2,1-3H3,(H,22,27). The first kappa shape index (κ1) is 18.4. The van der Waals surface area contributed by atoms with Crippen molar-refractivity contribution in [2.45, 2.75) is 52.5 Å². The average Bonchev–Trinajstić information content (AvgIpc) is 3.42. The number of hydrogen-bond acceptors (Lipinski definition) is 4. The highest BCUT2D eigenvalue weighted by molar-refractivity contribution is 5.83. The van der Waals surface area contributed by atoms with Crippen LogP contribution in [-0.2, 0) is 11.3 Å². The number of carbonyl (C=O) groups excluding carboxylic acids is 1. The Morgan fingerprint density at radius 2 is 2.04 bits per heavy atom. The summed E-state index contributed by atoms with van der Waals surface area (Å²) in [4.78, 5) is 25.4. The number of aromatic nitrogens is 4. The minimum absolute atomic E-state index is 0.0768. The van der Waals surface area contributed by atoms with E-state index in [9.17, 15) is 9.59 Å². The Bertz CT molecular complexity index is 1110. The highest BCUT2D eigenvalue weighted by Gasteiger charge is 2.30. The van der Waals surface area contributed by atoms with Gasteiger partial charge in [-0.05, 0) is 56.4 Å². The second-order valence-electron chi connectivity index (χ2n) is 7.56. The molecule has 28 heavy (non-hydrogen) atoms. The van der Waals surface area contributed by atoms with Crippen LogP contribution in [0.25, 0.3) is 16.6 Å². The van der Waals surface area contributed by atoms with Crippen LogP contribution in [0.15, 0.2) is 29.2 Å². The molecule has 0 radical (unpaired) electrons. The van der Waals surface area contributed by atoms with Crippen LogP contribution >= 0.6 is 0 Å². The fraction of sp³-hybridized carbons (Fsp3) is 0.429. The van der Waals surface area contributed by atoms with Gasteiger partial charge in [0.15, 0.2) is 0 Å². The molecule has 7 nitrogen and oxygen atoms in total. The Hall–Kier alpha value is -2.96. The van der Waals surface area contributed by atoms with Crippen molar-refractivity contribution in [1.82, 2.24) is 24.9 Å². The minimum Gasteiger partial charge on any atom is -0.355 e. The van der Waals surface area contributed by atoms with Crippen LogP contribution in [0, 0.1) is 13.8 Å². The second kappa shape index (κ2) is 7.22. The van der Waals surface area contributed by atoms with E-state index >= 15 is 0 Å². The van der Waals surface area contributed by atoms with Gasteiger partial charge in [-0.1, -0.05) is 13.0 Å². The fourth-order valence-electron chi connectivity index (χ4n) is 3.37. The zero-order valence-electron chi connectivity index (χ0n) is 16.5. The van der Waals surface area contributed by atoms with E-state index in [1.165, 1.54) is 10.2 Å². The molecule has 1 saturated carbocycles. The molecule has 146 valence electrons. The van der Waals surface area contributed by atoms with E-state index in [0.29, 0.717) is 18.0 Å². The highest BCUT2D eigenvalue weighted by Crippen LogP contribution is 2.41. The number of hydrogen-bond donors (Lipinski definition) is 1. The van der Waals surface area contributed by atoms with Gasteiger partial charge in [-0.2, -0.15) is 10.2 Å². The zero-order valence-corrected chi connectivity index (χ0v) is 16.5. The van der Waals surface area contributed by atoms with E-state index in [2.05, 4.69) is 22.4 Å². The van der Waals surface area contributed by atoms with E-state index in [1.54, 1.807) is 10.9 Å². The van der Waals surface area contributed by atoms with Crippen molar-refractivity contribution >= 4 is 16.8 Å². The third-order valence-corrected chi connectivity index (χ3v) is 5.28. The molecule has 0 spiro atoms. The second-order valence-corrected chi connectivity index (χ2v) is 7.56. The van der Waals surface area contributed by atoms with Crippen molar-refractivity contribution in [3.63, 3.8) is 0 Å². The zero-order chi connectivity index (χ0) is 19.8. The number of amides is 1. The average molecular weight is 379 g/mol. The van der Waals surface area contributed by atoms with Gasteiger partial charge in [-0.25, -0.2) is 9.36 Å². The topological polar surface area (TPSA) is 81.8 Å². The summed E-state index contributed by atoms with van der Waals surface area (Å²) in [5.41, 5.74) is 4.23. The van der Waals surface area contributed by atoms with Crippen molar-refractivity contribution in [3.05, 3.63) is 51.6 Å². The molecule has 1 amide bonds. The molecule has 0 aliphatic heterocycles. The molecular formula is C21H25N5O2. The van der Waals surface area contributed by atoms with Gasteiger partial charge >= 0.3 is 0 Å². The third-order valence-electron chi connectivity index (χ3n) is 5.28. The van der Waals surface area contributed by atoms with Gasteiger partial charge in [-0.15, -0.1) is 0 Å². The molecule has 1 aliphatic carbocycles. The fourth-order valence-corrected chi connectivity index (χ4v) is 3.37. The molecule has 1 fully saturated rings. The van der Waals surface area contributed by atoms with Crippen molar-refractivity contribution in [2.24, 2.45) is 0 Å². The van der Waals surface area contributed by atoms with Gasteiger partial charge in [0, 0.05) is 17.8 Å². The van der Waals surface area contributed by atoms with Crippen molar-refractivity contribution in [1.29, 1.82) is 0 Å². The molecule has 2 heterocycles. The predicted octanol–water partition coefficient (Wildman–Crippen LogP) is 2.60. The van der Waals surface area contributed by atoms with Crippen LogP contribution in [-0.4, -0.2) is 32.0 Å². The number of nitrogens with zero attached hydrogens (tertiary/aromatic N) is 4. The largest absolute Gasteiger partial charge is 0.355 e. The smallest absolute Gasteiger partial charge is 0.293 e. The van der Waals surface area contributed by atoms with Gasteiger partial charge in [0.2, 0.25) is 5.91 Å². The summed E-state index contributed by atoms with van der Waals surface area (Å²) in [5, 5.41) is 12.6. The Morgan fingerprint density at radius 3 is 2.71 bits per heavy atom. The Balaban J connectivity index is 1.85. The number of carbonyl (C=O) groups is 1. The molecular weight excluding hydrogens is 354 g/mol. The maximum Gasteiger partial charge on any atom is 0.293 e. The lowest BCUT2D eigenvalue weighted by Gasteiger charge is -2.11. The van der Waals surface area contributed by atoms with Crippen LogP contribution in [0.2, 0.25) is 0 Å². The Labute approximate surface area is 163 Å². The van der Waals surface area contributed by atoms with Crippen molar-refractivity contribution in [3.8, 4) is 5.69 Å². The van der Waals surface area contributed by atoms with Gasteiger partial charge in [0.25, 0.3) is 5.56 Å². The summed E-state index contributed by atoms with van der Waals surface area (Å²) >= 11 is 0. The lowest BCUT2D eigenvalue weighted by Crippen LogP contribution is -2.35. The van der Waals surface area contributed by atoms with Gasteiger partial charge < -0.3 is 5.32 Å². The molecule has 1 N–H and O–H groups in total. The summed E-state index contributed by atoms with van der Waals surface area (Å²) in [6.45, 7) is 6.60. The van der Waals surface area contributed by atoms with Crippen molar-refractivity contribution in [2.75, 3.05) is 6.54 Å². The number of fused-ring (bicyclic) bond motifs is 1. The predicted molar refractivity (Wildman–Crippen MR) is 108 cm³/mol. The number of rotatable bonds is 6. The Morgan fingerprint density at radius 1 is 1.25 bits per heavy atom. The molecule has 7 heteroatoms. The number of benzene rings is 1. The monoisotopic (exact) mass is 379 g/mol. The number of nitrogens with one attached hydrogen (secondary N) is 1. The molecule has 1 aliphatic rings. The molecule has 1 aromatic carbocycles. The molecule has 0 atom stereocenters. The van der Waals surface area contributed by atoms with E-state index in [1.807, 2.05) is 32.0 Å². The maximum absolute atomic E-state index is 13.2. The highest BCUT2D eigenvalue weighted by atomic mass is 16.2. The normalized spacial score (nSPS) is 13.8. The quantitative estimate of drug-likeness (QED) is 0.714. The maximum atomic E-state index is 13.2. The Kier molecular flexibility index (Phi) is 4.75. The molecule has 0 saturated heterocycles. The van der Waals surface area contributed by atoms with Crippen molar-refractivity contribution < 1.29 is 4.79 Å². The lowest BCUT2D eigenvalue weighted by molar-refractivity contribution is -0.121. The SMILES string of the molecule is CCCNC(=O)Cn1nc(C2CC2)c2cnn(-c3ccc(C)c(C)c3)c2c1=O. The van der Waals surface area contributed by atoms with E-state index < -0.39 is 0 Å². The van der Waals surface area contributed by atoms with Gasteiger partial charge in [-0.3, -0.25) is 9.59 Å². The molecule has 3 aromatic rings. The van der Waals surface area contributed by atoms with E-state index in [-0.39, 0.29) is 18.0 Å². The summed E-state index contributed by atoms with van der Waals surface area (Å²) in [7, 11) is 0. The van der Waals surface area contributed by atoms with Crippen LogP contribution in [0.5, 0.6) is 0 Å². The van der Waals surface area contributed by atoms with Crippen LogP contribution < -0.4 is 10.9 Å². The molecule has 0 unspecified atom stereocenters. The van der Waals surface area contributed by atoms with E-state index in [0.717, 1.165) is 41.6 Å². The first-order chi connectivity index (χ1) is 13.5. The van der Waals surface area contributed by atoms with Crippen LogP contribution in [0.3, 0.4) is 0 Å². The van der Waals surface area contributed by atoms with E-state index in [4.69, 9.17) is 0 Å². The van der Waals surface area contributed by atoms with Gasteiger partial charge in [0.1, 0.15) is 12.1 Å². The molecule has 0 bridgehead atoms. The van der Waals surface area contributed by atoms with Crippen LogP contribution in [0.1, 0.15) is 48.9 Å². The first-order valence-electron chi connectivity index (χ1n) is 9.82. The third kappa shape index (κ3) is 3.32. The first-order valence-corrected chi connectivity index (χ1v) is 9.82.